The van der Waals surface area contributed by atoms with Crippen LogP contribution in [0.3, 0.4) is 0 Å². The second-order valence-corrected chi connectivity index (χ2v) is 12.1. The Morgan fingerprint density at radius 1 is 1.00 bits per heavy atom. The monoisotopic (exact) mass is 569 g/mol. The van der Waals surface area contributed by atoms with Gasteiger partial charge in [0, 0.05) is 24.0 Å². The predicted molar refractivity (Wildman–Crippen MR) is 159 cm³/mol. The van der Waals surface area contributed by atoms with Crippen LogP contribution < -0.4 is 9.46 Å². The molecule has 0 radical (unpaired) electrons. The van der Waals surface area contributed by atoms with Crippen molar-refractivity contribution >= 4 is 38.0 Å². The molecule has 3 heterocycles. The third-order valence-corrected chi connectivity index (χ3v) is 9.13. The molecule has 1 amide bonds. The van der Waals surface area contributed by atoms with Gasteiger partial charge in [-0.2, -0.15) is 12.7 Å². The first-order valence-electron chi connectivity index (χ1n) is 13.7. The minimum absolute atomic E-state index is 0.145. The molecule has 0 aliphatic carbocycles. The van der Waals surface area contributed by atoms with Crippen LogP contribution in [0.5, 0.6) is 5.75 Å². The zero-order chi connectivity index (χ0) is 28.7. The summed E-state index contributed by atoms with van der Waals surface area (Å²) in [4.78, 5) is 18.8. The van der Waals surface area contributed by atoms with Gasteiger partial charge in [0.25, 0.3) is 5.91 Å². The number of hydrogen-bond acceptors (Lipinski definition) is 6. The molecular weight excluding hydrogens is 538 g/mol. The molecule has 41 heavy (non-hydrogen) atoms. The number of carbonyl (C=O) groups excluding carboxylic acids is 1. The van der Waals surface area contributed by atoms with Crippen LogP contribution in [-0.4, -0.2) is 36.7 Å². The maximum absolute atomic E-state index is 13.9. The lowest BCUT2D eigenvalue weighted by atomic mass is 10.0. The van der Waals surface area contributed by atoms with Crippen LogP contribution in [0.25, 0.3) is 33.3 Å². The molecular formula is C32H31N3O5S. The van der Waals surface area contributed by atoms with E-state index in [0.29, 0.717) is 46.8 Å². The van der Waals surface area contributed by atoms with Crippen LogP contribution in [0.1, 0.15) is 52.9 Å². The summed E-state index contributed by atoms with van der Waals surface area (Å²) >= 11 is 0. The van der Waals surface area contributed by atoms with Gasteiger partial charge >= 0.3 is 10.2 Å². The minimum Gasteiger partial charge on any atom is -0.485 e. The summed E-state index contributed by atoms with van der Waals surface area (Å²) in [5, 5.41) is 1.39. The molecule has 210 valence electrons. The highest BCUT2D eigenvalue weighted by molar-refractivity contribution is 7.87. The molecule has 5 aromatic rings. The highest BCUT2D eigenvalue weighted by Gasteiger charge is 2.30. The van der Waals surface area contributed by atoms with E-state index in [1.54, 1.807) is 12.1 Å². The normalized spacial score (nSPS) is 14.9. The average Bonchev–Trinajstić information content (AvgIpc) is 3.64. The van der Waals surface area contributed by atoms with E-state index in [9.17, 15) is 13.2 Å². The number of furan rings is 1. The van der Waals surface area contributed by atoms with Crippen molar-refractivity contribution in [1.29, 1.82) is 0 Å². The van der Waals surface area contributed by atoms with E-state index < -0.39 is 16.1 Å². The summed E-state index contributed by atoms with van der Waals surface area (Å²) in [5.41, 5.74) is 4.47. The van der Waals surface area contributed by atoms with Gasteiger partial charge in [0.2, 0.25) is 0 Å². The number of para-hydroxylation sites is 1. The summed E-state index contributed by atoms with van der Waals surface area (Å²) < 4.78 is 42.4. The summed E-state index contributed by atoms with van der Waals surface area (Å²) in [6.45, 7) is 6.53. The molecule has 1 fully saturated rings. The third-order valence-electron chi connectivity index (χ3n) is 7.64. The number of nitrogens with zero attached hydrogens (tertiary/aromatic N) is 2. The van der Waals surface area contributed by atoms with Gasteiger partial charge in [-0.3, -0.25) is 4.79 Å². The second-order valence-electron chi connectivity index (χ2n) is 10.4. The lowest BCUT2D eigenvalue weighted by Crippen LogP contribution is -2.42. The van der Waals surface area contributed by atoms with Crippen molar-refractivity contribution in [2.24, 2.45) is 0 Å². The fourth-order valence-electron chi connectivity index (χ4n) is 5.40. The highest BCUT2D eigenvalue weighted by Crippen LogP contribution is 2.38. The lowest BCUT2D eigenvalue weighted by Gasteiger charge is -2.20. The Morgan fingerprint density at radius 2 is 1.71 bits per heavy atom. The first-order valence-corrected chi connectivity index (χ1v) is 15.1. The van der Waals surface area contributed by atoms with Crippen LogP contribution in [-0.2, 0) is 10.2 Å². The molecule has 3 aromatic carbocycles. The quantitative estimate of drug-likeness (QED) is 0.241. The summed E-state index contributed by atoms with van der Waals surface area (Å²) in [5.74, 6) is 0.209. The molecule has 2 aromatic heterocycles. The van der Waals surface area contributed by atoms with Crippen LogP contribution in [0, 0.1) is 13.8 Å². The average molecular weight is 570 g/mol. The molecule has 1 saturated heterocycles. The van der Waals surface area contributed by atoms with E-state index in [1.165, 1.54) is 4.31 Å². The van der Waals surface area contributed by atoms with Crippen LogP contribution in [0.2, 0.25) is 0 Å². The number of amides is 1. The van der Waals surface area contributed by atoms with Crippen LogP contribution in [0.4, 0.5) is 0 Å². The van der Waals surface area contributed by atoms with E-state index in [-0.39, 0.29) is 11.7 Å². The Balaban J connectivity index is 1.53. The summed E-state index contributed by atoms with van der Waals surface area (Å²) in [6.07, 6.45) is 1.19. The van der Waals surface area contributed by atoms with Gasteiger partial charge in [-0.25, -0.2) is 9.71 Å². The number of carbonyl (C=O) groups is 1. The van der Waals surface area contributed by atoms with Crippen LogP contribution in [0.15, 0.2) is 77.2 Å². The maximum Gasteiger partial charge on any atom is 0.304 e. The smallest absolute Gasteiger partial charge is 0.304 e. The van der Waals surface area contributed by atoms with Gasteiger partial charge in [-0.15, -0.1) is 0 Å². The highest BCUT2D eigenvalue weighted by atomic mass is 32.2. The van der Waals surface area contributed by atoms with Gasteiger partial charge < -0.3 is 9.15 Å². The molecule has 1 atom stereocenters. The number of fused-ring (bicyclic) bond motifs is 2. The Labute approximate surface area is 239 Å². The van der Waals surface area contributed by atoms with Crippen molar-refractivity contribution in [2.45, 2.75) is 39.7 Å². The molecule has 9 heteroatoms. The molecule has 0 saturated carbocycles. The number of aryl methyl sites for hydroxylation is 2. The van der Waals surface area contributed by atoms with Gasteiger partial charge in [-0.05, 0) is 62.9 Å². The van der Waals surface area contributed by atoms with Crippen LogP contribution >= 0.6 is 0 Å². The molecule has 1 aliphatic heterocycles. The van der Waals surface area contributed by atoms with E-state index in [2.05, 4.69) is 4.72 Å². The zero-order valence-corrected chi connectivity index (χ0v) is 24.0. The Bertz CT molecular complexity index is 1880. The van der Waals surface area contributed by atoms with Crippen molar-refractivity contribution in [2.75, 3.05) is 13.1 Å². The lowest BCUT2D eigenvalue weighted by molar-refractivity contribution is 0.0980. The van der Waals surface area contributed by atoms with Crippen molar-refractivity contribution in [3.8, 4) is 17.2 Å². The molecule has 1 aliphatic rings. The molecule has 0 bridgehead atoms. The largest absolute Gasteiger partial charge is 0.485 e. The van der Waals surface area contributed by atoms with Crippen molar-refractivity contribution < 1.29 is 22.4 Å². The molecule has 0 unspecified atom stereocenters. The standard InChI is InChI=1S/C32H31N3O5S/c1-20-15-16-28(39-22(3)23-11-5-4-6-12-23)29-25(32(36)34-41(37,38)35-17-9-10-18-35)19-26(33-30(20)29)31-21(2)24-13-7-8-14-27(24)40-31/h4-8,11-16,19,22H,9-10,17-18H2,1-3H3,(H,34,36)/t22-/m1/s1. The molecule has 1 N–H and O–H groups in total. The number of rotatable bonds is 7. The minimum atomic E-state index is -4.02. The summed E-state index contributed by atoms with van der Waals surface area (Å²) in [7, 11) is -4.02. The first-order chi connectivity index (χ1) is 19.7. The molecule has 8 nitrogen and oxygen atoms in total. The third kappa shape index (κ3) is 5.07. The van der Waals surface area contributed by atoms with Crippen molar-refractivity contribution in [1.82, 2.24) is 14.0 Å². The fourth-order valence-corrected chi connectivity index (χ4v) is 6.62. The number of nitrogens with one attached hydrogen (secondary N) is 1. The van der Waals surface area contributed by atoms with Gasteiger partial charge in [-0.1, -0.05) is 54.6 Å². The first kappa shape index (κ1) is 27.0. The Hall–Kier alpha value is -4.21. The Kier molecular flexibility index (Phi) is 7.01. The van der Waals surface area contributed by atoms with Gasteiger partial charge in [0.15, 0.2) is 5.76 Å². The van der Waals surface area contributed by atoms with Crippen molar-refractivity contribution in [3.63, 3.8) is 0 Å². The van der Waals surface area contributed by atoms with E-state index in [1.807, 2.05) is 81.4 Å². The van der Waals surface area contributed by atoms with Gasteiger partial charge in [0.05, 0.1) is 16.5 Å². The SMILES string of the molecule is Cc1c(-c2cc(C(=O)NS(=O)(=O)N3CCCC3)c3c(O[C@H](C)c4ccccc4)ccc(C)c3n2)oc2ccccc12. The maximum atomic E-state index is 13.9. The predicted octanol–water partition coefficient (Wildman–Crippen LogP) is 6.48. The Morgan fingerprint density at radius 3 is 2.44 bits per heavy atom. The number of aromatic nitrogens is 1. The summed E-state index contributed by atoms with van der Waals surface area (Å²) in [6, 6.07) is 22.7. The van der Waals surface area contributed by atoms with Gasteiger partial charge in [0.1, 0.15) is 23.1 Å². The van der Waals surface area contributed by atoms with E-state index in [0.717, 1.165) is 34.9 Å². The number of benzene rings is 3. The van der Waals surface area contributed by atoms with Crippen molar-refractivity contribution in [3.05, 3.63) is 95.1 Å². The second kappa shape index (κ2) is 10.6. The topological polar surface area (TPSA) is 102 Å². The number of pyridine rings is 1. The molecule has 6 rings (SSSR count). The van der Waals surface area contributed by atoms with E-state index in [4.69, 9.17) is 14.1 Å². The molecule has 0 spiro atoms. The number of ether oxygens (including phenoxy) is 1. The zero-order valence-electron chi connectivity index (χ0n) is 23.2. The van der Waals surface area contributed by atoms with E-state index >= 15 is 0 Å². The fraction of sp³-hybridized carbons (Fsp3) is 0.250. The number of hydrogen-bond donors (Lipinski definition) is 1.